The van der Waals surface area contributed by atoms with Crippen molar-refractivity contribution in [2.75, 3.05) is 4.90 Å². The van der Waals surface area contributed by atoms with Crippen LogP contribution in [-0.4, -0.2) is 0 Å². The zero-order valence-corrected chi connectivity index (χ0v) is 28.4. The van der Waals surface area contributed by atoms with Crippen LogP contribution in [0.1, 0.15) is 26.3 Å². The fraction of sp³-hybridized carbons (Fsp3) is 0.0833. The minimum Gasteiger partial charge on any atom is -0.454 e. The smallest absolute Gasteiger partial charge is 0.159 e. The summed E-state index contributed by atoms with van der Waals surface area (Å²) in [7, 11) is 0. The normalized spacial score (nSPS) is 12.3. The molecule has 0 saturated carbocycles. The molecule has 0 amide bonds. The maximum atomic E-state index is 6.61. The summed E-state index contributed by atoms with van der Waals surface area (Å²) in [6.45, 7) is 6.81. The van der Waals surface area contributed by atoms with Crippen molar-refractivity contribution in [3.8, 4) is 33.4 Å². The molecule has 1 aliphatic carbocycles. The first-order valence-electron chi connectivity index (χ1n) is 17.4. The molecule has 0 bridgehead atoms. The summed E-state index contributed by atoms with van der Waals surface area (Å²) in [6, 6.07) is 57.6. The van der Waals surface area contributed by atoms with Gasteiger partial charge >= 0.3 is 0 Å². The summed E-state index contributed by atoms with van der Waals surface area (Å²) in [5.41, 5.74) is 14.1. The Morgan fingerprint density at radius 1 is 0.440 bits per heavy atom. The van der Waals surface area contributed by atoms with E-state index in [-0.39, 0.29) is 5.41 Å². The molecule has 0 saturated heterocycles. The molecule has 238 valence electrons. The highest BCUT2D eigenvalue weighted by Gasteiger charge is 2.25. The van der Waals surface area contributed by atoms with Crippen molar-refractivity contribution in [1.29, 1.82) is 0 Å². The summed E-state index contributed by atoms with van der Waals surface area (Å²) in [5.74, 6) is 0. The lowest BCUT2D eigenvalue weighted by molar-refractivity contribution is 0.590. The molecule has 1 aromatic heterocycles. The molecule has 1 heterocycles. The summed E-state index contributed by atoms with van der Waals surface area (Å²) in [4.78, 5) is 2.37. The van der Waals surface area contributed by atoms with Gasteiger partial charge in [-0.15, -0.1) is 0 Å². The predicted molar refractivity (Wildman–Crippen MR) is 212 cm³/mol. The lowest BCUT2D eigenvalue weighted by atomic mass is 9.77. The Morgan fingerprint density at radius 2 is 1.06 bits per heavy atom. The fourth-order valence-electron chi connectivity index (χ4n) is 7.81. The van der Waals surface area contributed by atoms with Gasteiger partial charge in [-0.05, 0) is 133 Å². The van der Waals surface area contributed by atoms with Crippen LogP contribution in [0.25, 0.3) is 76.9 Å². The van der Waals surface area contributed by atoms with E-state index >= 15 is 0 Å². The summed E-state index contributed by atoms with van der Waals surface area (Å²) in [6.07, 6.45) is 0. The molecule has 0 spiro atoms. The van der Waals surface area contributed by atoms with Crippen LogP contribution < -0.4 is 4.90 Å². The Hall–Kier alpha value is -6.12. The van der Waals surface area contributed by atoms with Crippen molar-refractivity contribution in [2.45, 2.75) is 26.2 Å². The quantitative estimate of drug-likeness (QED) is 0.190. The second-order valence-electron chi connectivity index (χ2n) is 14.6. The molecular formula is C48H35NO. The highest BCUT2D eigenvalue weighted by molar-refractivity contribution is 6.13. The van der Waals surface area contributed by atoms with Gasteiger partial charge in [-0.1, -0.05) is 112 Å². The van der Waals surface area contributed by atoms with Crippen molar-refractivity contribution < 1.29 is 4.42 Å². The molecule has 50 heavy (non-hydrogen) atoms. The number of nitrogens with zero attached hydrogens (tertiary/aromatic N) is 1. The van der Waals surface area contributed by atoms with E-state index in [4.69, 9.17) is 4.42 Å². The lowest BCUT2D eigenvalue weighted by Crippen LogP contribution is -2.14. The predicted octanol–water partition coefficient (Wildman–Crippen LogP) is 14.0. The first-order chi connectivity index (χ1) is 24.4. The Kier molecular flexibility index (Phi) is 6.17. The van der Waals surface area contributed by atoms with Gasteiger partial charge in [0.05, 0.1) is 5.69 Å². The number of para-hydroxylation sites is 2. The Bertz CT molecular complexity index is 2800. The van der Waals surface area contributed by atoms with Gasteiger partial charge in [-0.25, -0.2) is 0 Å². The van der Waals surface area contributed by atoms with E-state index in [1.54, 1.807) is 0 Å². The van der Waals surface area contributed by atoms with E-state index in [1.807, 2.05) is 6.07 Å². The fourth-order valence-corrected chi connectivity index (χ4v) is 7.81. The maximum Gasteiger partial charge on any atom is 0.159 e. The third-order valence-corrected chi connectivity index (χ3v) is 10.5. The van der Waals surface area contributed by atoms with Gasteiger partial charge in [0.2, 0.25) is 0 Å². The molecule has 9 aromatic rings. The monoisotopic (exact) mass is 641 g/mol. The molecule has 8 aromatic carbocycles. The average Bonchev–Trinajstić information content (AvgIpc) is 3.53. The number of hydrogen-bond donors (Lipinski definition) is 0. The third-order valence-electron chi connectivity index (χ3n) is 10.5. The van der Waals surface area contributed by atoms with Crippen molar-refractivity contribution in [3.63, 3.8) is 0 Å². The second kappa shape index (κ2) is 10.7. The van der Waals surface area contributed by atoms with E-state index in [9.17, 15) is 0 Å². The van der Waals surface area contributed by atoms with Gasteiger partial charge in [0.15, 0.2) is 5.58 Å². The molecule has 1 aliphatic rings. The van der Waals surface area contributed by atoms with E-state index in [2.05, 4.69) is 177 Å². The van der Waals surface area contributed by atoms with Crippen LogP contribution in [0.15, 0.2) is 162 Å². The third kappa shape index (κ3) is 4.49. The van der Waals surface area contributed by atoms with Crippen LogP contribution in [0, 0.1) is 0 Å². The average molecular weight is 642 g/mol. The Labute approximate surface area is 291 Å². The summed E-state index contributed by atoms with van der Waals surface area (Å²) < 4.78 is 6.61. The zero-order chi connectivity index (χ0) is 33.6. The summed E-state index contributed by atoms with van der Waals surface area (Å²) in [5, 5.41) is 7.26. The van der Waals surface area contributed by atoms with Crippen molar-refractivity contribution in [3.05, 3.63) is 163 Å². The van der Waals surface area contributed by atoms with Crippen LogP contribution >= 0.6 is 0 Å². The number of rotatable bonds is 4. The number of hydrogen-bond acceptors (Lipinski definition) is 2. The molecule has 2 nitrogen and oxygen atoms in total. The molecule has 2 heteroatoms. The van der Waals surface area contributed by atoms with Crippen molar-refractivity contribution in [2.24, 2.45) is 0 Å². The van der Waals surface area contributed by atoms with Crippen LogP contribution in [-0.2, 0) is 5.41 Å². The van der Waals surface area contributed by atoms with Gasteiger partial charge in [0.1, 0.15) is 5.58 Å². The van der Waals surface area contributed by atoms with Crippen molar-refractivity contribution >= 4 is 60.5 Å². The lowest BCUT2D eigenvalue weighted by Gasteiger charge is -2.29. The van der Waals surface area contributed by atoms with Crippen LogP contribution in [0.2, 0.25) is 0 Å². The number of fused-ring (bicyclic) bond motifs is 9. The molecule has 0 N–H and O–H groups in total. The van der Waals surface area contributed by atoms with Crippen molar-refractivity contribution in [1.82, 2.24) is 0 Å². The topological polar surface area (TPSA) is 16.4 Å². The van der Waals surface area contributed by atoms with Gasteiger partial charge < -0.3 is 9.32 Å². The van der Waals surface area contributed by atoms with E-state index < -0.39 is 0 Å². The second-order valence-corrected chi connectivity index (χ2v) is 14.6. The standard InChI is InChI=1S/C48H35NO/c1-48(2,3)36-13-9-14-37(29-36)49(45-17-10-16-40-39-15-7-8-18-46(39)50-47(40)45)38-22-21-33-26-42-41-25-32-20-19-31(30-11-5-4-6-12-30)23-34(32)27-43(41)44(42)28-35(33)24-38/h4-29H,1-3H3. The molecule has 0 unspecified atom stereocenters. The molecule has 0 radical (unpaired) electrons. The largest absolute Gasteiger partial charge is 0.454 e. The van der Waals surface area contributed by atoms with Gasteiger partial charge in [-0.3, -0.25) is 0 Å². The molecular weight excluding hydrogens is 607 g/mol. The van der Waals surface area contributed by atoms with E-state index in [0.29, 0.717) is 0 Å². The SMILES string of the molecule is CC(C)(C)c1cccc(N(c2ccc3cc4c(cc3c2)-c2cc3cc(-c5ccccc5)ccc3cc2-4)c2cccc3c2oc2ccccc23)c1. The molecule has 0 fully saturated rings. The van der Waals surface area contributed by atoms with Crippen LogP contribution in [0.4, 0.5) is 17.1 Å². The highest BCUT2D eigenvalue weighted by Crippen LogP contribution is 2.51. The van der Waals surface area contributed by atoms with Gasteiger partial charge in [0, 0.05) is 22.1 Å². The zero-order valence-electron chi connectivity index (χ0n) is 28.4. The maximum absolute atomic E-state index is 6.61. The highest BCUT2D eigenvalue weighted by atomic mass is 16.3. The molecule has 10 rings (SSSR count). The van der Waals surface area contributed by atoms with Crippen LogP contribution in [0.5, 0.6) is 0 Å². The van der Waals surface area contributed by atoms with Crippen LogP contribution in [0.3, 0.4) is 0 Å². The number of benzene rings is 8. The number of furan rings is 1. The molecule has 0 atom stereocenters. The minimum atomic E-state index is 0.0121. The van der Waals surface area contributed by atoms with Gasteiger partial charge in [-0.2, -0.15) is 0 Å². The van der Waals surface area contributed by atoms with E-state index in [1.165, 1.54) is 60.5 Å². The first-order valence-corrected chi connectivity index (χ1v) is 17.4. The Morgan fingerprint density at radius 3 is 1.82 bits per heavy atom. The molecule has 0 aliphatic heterocycles. The number of anilines is 3. The van der Waals surface area contributed by atoms with Gasteiger partial charge in [0.25, 0.3) is 0 Å². The first kappa shape index (κ1) is 28.9. The summed E-state index contributed by atoms with van der Waals surface area (Å²) >= 11 is 0. The van der Waals surface area contributed by atoms with E-state index in [0.717, 1.165) is 39.0 Å². The minimum absolute atomic E-state index is 0.0121. The Balaban J connectivity index is 1.13.